The zero-order valence-electron chi connectivity index (χ0n) is 9.12. The Balaban J connectivity index is 2.65. The Morgan fingerprint density at radius 3 is 2.00 bits per heavy atom. The Bertz CT molecular complexity index is 193. The Morgan fingerprint density at radius 1 is 1.23 bits per heavy atom. The van der Waals surface area contributed by atoms with Crippen LogP contribution in [0.3, 0.4) is 0 Å². The average molecular weight is 180 g/mol. The van der Waals surface area contributed by atoms with Crippen LogP contribution in [0.5, 0.6) is 0 Å². The third-order valence-electron chi connectivity index (χ3n) is 3.05. The van der Waals surface area contributed by atoms with Gasteiger partial charge in [-0.25, -0.2) is 0 Å². The van der Waals surface area contributed by atoms with Crippen molar-refractivity contribution in [3.63, 3.8) is 0 Å². The first-order chi connectivity index (χ1) is 6.06. The summed E-state index contributed by atoms with van der Waals surface area (Å²) in [5, 5.41) is 8.88. The highest BCUT2D eigenvalue weighted by Crippen LogP contribution is 2.28. The first-order valence-electron chi connectivity index (χ1n) is 5.23. The number of nitriles is 1. The molecule has 0 aromatic carbocycles. The quantitative estimate of drug-likeness (QED) is 0.619. The van der Waals surface area contributed by atoms with E-state index in [1.54, 1.807) is 0 Å². The van der Waals surface area contributed by atoms with Gasteiger partial charge >= 0.3 is 0 Å². The zero-order valence-corrected chi connectivity index (χ0v) is 9.12. The molecule has 0 radical (unpaired) electrons. The molecule has 0 aliphatic carbocycles. The minimum atomic E-state index is 0.278. The van der Waals surface area contributed by atoms with Crippen LogP contribution in [0.15, 0.2) is 0 Å². The minimum Gasteiger partial charge on any atom is -0.296 e. The van der Waals surface area contributed by atoms with Crippen molar-refractivity contribution in [1.82, 2.24) is 4.90 Å². The molecule has 2 nitrogen and oxygen atoms in total. The summed E-state index contributed by atoms with van der Waals surface area (Å²) in [6, 6.07) is 4.13. The van der Waals surface area contributed by atoms with E-state index in [1.807, 2.05) is 0 Å². The van der Waals surface area contributed by atoms with Crippen LogP contribution >= 0.6 is 0 Å². The zero-order chi connectivity index (χ0) is 10.0. The van der Waals surface area contributed by atoms with E-state index in [9.17, 15) is 0 Å². The van der Waals surface area contributed by atoms with Gasteiger partial charge in [0.25, 0.3) is 0 Å². The van der Waals surface area contributed by atoms with Crippen molar-refractivity contribution in [2.75, 3.05) is 0 Å². The smallest absolute Gasteiger partial charge is 0.0657 e. The topological polar surface area (TPSA) is 27.0 Å². The summed E-state index contributed by atoms with van der Waals surface area (Å²) in [6.45, 7) is 8.94. The molecular formula is C11H20N2. The molecule has 13 heavy (non-hydrogen) atoms. The fourth-order valence-corrected chi connectivity index (χ4v) is 2.72. The Kier molecular flexibility index (Phi) is 3.33. The standard InChI is InChI=1S/C11H20N2/c1-8(2)13-9(3)5-11(7-12)6-10(13)4/h8-11H,5-6H2,1-4H3/t9-,10-/m0/s1. The highest BCUT2D eigenvalue weighted by atomic mass is 15.2. The lowest BCUT2D eigenvalue weighted by Crippen LogP contribution is -2.49. The Hall–Kier alpha value is -0.550. The van der Waals surface area contributed by atoms with Gasteiger partial charge < -0.3 is 0 Å². The number of rotatable bonds is 1. The molecule has 1 saturated heterocycles. The molecule has 1 fully saturated rings. The maximum Gasteiger partial charge on any atom is 0.0657 e. The van der Waals surface area contributed by atoms with Crippen molar-refractivity contribution in [1.29, 1.82) is 5.26 Å². The summed E-state index contributed by atoms with van der Waals surface area (Å²) >= 11 is 0. The predicted octanol–water partition coefficient (Wildman–Crippen LogP) is 2.41. The van der Waals surface area contributed by atoms with Crippen LogP contribution in [0.1, 0.15) is 40.5 Å². The highest BCUT2D eigenvalue weighted by Gasteiger charge is 2.31. The molecular weight excluding hydrogens is 160 g/mol. The van der Waals surface area contributed by atoms with Crippen LogP contribution in [0.4, 0.5) is 0 Å². The van der Waals surface area contributed by atoms with Crippen LogP contribution in [0.2, 0.25) is 0 Å². The molecule has 2 atom stereocenters. The molecule has 1 aliphatic rings. The molecule has 1 rings (SSSR count). The molecule has 1 heterocycles. The lowest BCUT2D eigenvalue weighted by Gasteiger charge is -2.43. The van der Waals surface area contributed by atoms with Gasteiger partial charge in [0.1, 0.15) is 0 Å². The van der Waals surface area contributed by atoms with E-state index in [0.29, 0.717) is 18.1 Å². The molecule has 0 N–H and O–H groups in total. The van der Waals surface area contributed by atoms with E-state index < -0.39 is 0 Å². The van der Waals surface area contributed by atoms with Gasteiger partial charge in [0.05, 0.1) is 6.07 Å². The van der Waals surface area contributed by atoms with Crippen LogP contribution in [0.25, 0.3) is 0 Å². The SMILES string of the molecule is CC(C)N1[C@@H](C)CC(C#N)C[C@@H]1C. The number of piperidine rings is 1. The van der Waals surface area contributed by atoms with Crippen molar-refractivity contribution in [3.05, 3.63) is 0 Å². The van der Waals surface area contributed by atoms with Crippen LogP contribution in [-0.2, 0) is 0 Å². The van der Waals surface area contributed by atoms with Crippen molar-refractivity contribution in [2.45, 2.75) is 58.7 Å². The summed E-state index contributed by atoms with van der Waals surface area (Å²) in [5.41, 5.74) is 0. The van der Waals surface area contributed by atoms with Crippen LogP contribution < -0.4 is 0 Å². The van der Waals surface area contributed by atoms with E-state index in [-0.39, 0.29) is 5.92 Å². The van der Waals surface area contributed by atoms with Gasteiger partial charge in [-0.05, 0) is 40.5 Å². The summed E-state index contributed by atoms with van der Waals surface area (Å²) < 4.78 is 0. The molecule has 1 aliphatic heterocycles. The number of nitrogens with zero attached hydrogens (tertiary/aromatic N) is 2. The van der Waals surface area contributed by atoms with Crippen LogP contribution in [0, 0.1) is 17.2 Å². The molecule has 0 aromatic rings. The van der Waals surface area contributed by atoms with Gasteiger partial charge in [-0.3, -0.25) is 4.90 Å². The number of likely N-dealkylation sites (tertiary alicyclic amines) is 1. The molecule has 0 unspecified atom stereocenters. The largest absolute Gasteiger partial charge is 0.296 e. The van der Waals surface area contributed by atoms with Crippen molar-refractivity contribution in [2.24, 2.45) is 5.92 Å². The average Bonchev–Trinajstić information content (AvgIpc) is 2.02. The summed E-state index contributed by atoms with van der Waals surface area (Å²) in [5.74, 6) is 0.278. The summed E-state index contributed by atoms with van der Waals surface area (Å²) in [7, 11) is 0. The van der Waals surface area contributed by atoms with Gasteiger partial charge in [0.2, 0.25) is 0 Å². The third-order valence-corrected chi connectivity index (χ3v) is 3.05. The molecule has 2 heteroatoms. The maximum absolute atomic E-state index is 8.88. The van der Waals surface area contributed by atoms with Crippen LogP contribution in [-0.4, -0.2) is 23.0 Å². The lowest BCUT2D eigenvalue weighted by molar-refractivity contribution is 0.0549. The molecule has 74 valence electrons. The Morgan fingerprint density at radius 2 is 1.69 bits per heavy atom. The normalized spacial score (nSPS) is 36.2. The first-order valence-corrected chi connectivity index (χ1v) is 5.23. The highest BCUT2D eigenvalue weighted by molar-refractivity contribution is 4.94. The van der Waals surface area contributed by atoms with Gasteiger partial charge in [-0.1, -0.05) is 0 Å². The second-order valence-electron chi connectivity index (χ2n) is 4.54. The van der Waals surface area contributed by atoms with Gasteiger partial charge in [0.15, 0.2) is 0 Å². The molecule has 0 bridgehead atoms. The van der Waals surface area contributed by atoms with Gasteiger partial charge in [-0.15, -0.1) is 0 Å². The second-order valence-corrected chi connectivity index (χ2v) is 4.54. The first kappa shape index (κ1) is 10.5. The van der Waals surface area contributed by atoms with Crippen molar-refractivity contribution < 1.29 is 0 Å². The fourth-order valence-electron chi connectivity index (χ4n) is 2.72. The van der Waals surface area contributed by atoms with E-state index in [4.69, 9.17) is 5.26 Å². The van der Waals surface area contributed by atoms with E-state index in [1.165, 1.54) is 0 Å². The number of hydrogen-bond donors (Lipinski definition) is 0. The van der Waals surface area contributed by atoms with Gasteiger partial charge in [0, 0.05) is 24.0 Å². The summed E-state index contributed by atoms with van der Waals surface area (Å²) in [4.78, 5) is 2.52. The van der Waals surface area contributed by atoms with E-state index in [0.717, 1.165) is 12.8 Å². The molecule has 0 amide bonds. The second kappa shape index (κ2) is 4.11. The van der Waals surface area contributed by atoms with E-state index in [2.05, 4.69) is 38.7 Å². The van der Waals surface area contributed by atoms with Crippen molar-refractivity contribution in [3.8, 4) is 6.07 Å². The molecule has 0 saturated carbocycles. The Labute approximate surface area is 81.5 Å². The van der Waals surface area contributed by atoms with Crippen molar-refractivity contribution >= 4 is 0 Å². The summed E-state index contributed by atoms with van der Waals surface area (Å²) in [6.07, 6.45) is 2.08. The fraction of sp³-hybridized carbons (Fsp3) is 0.909. The monoisotopic (exact) mass is 180 g/mol. The predicted molar refractivity (Wildman–Crippen MR) is 54.2 cm³/mol. The maximum atomic E-state index is 8.88. The minimum absolute atomic E-state index is 0.278. The molecule has 0 aromatic heterocycles. The number of hydrogen-bond acceptors (Lipinski definition) is 2. The van der Waals surface area contributed by atoms with Gasteiger partial charge in [-0.2, -0.15) is 5.26 Å². The van der Waals surface area contributed by atoms with E-state index >= 15 is 0 Å². The molecule has 0 spiro atoms. The third kappa shape index (κ3) is 2.22. The lowest BCUT2D eigenvalue weighted by atomic mass is 9.87.